The summed E-state index contributed by atoms with van der Waals surface area (Å²) in [5.41, 5.74) is 5.48. The van der Waals surface area contributed by atoms with Crippen LogP contribution in [0.4, 0.5) is 4.39 Å². The number of morpholine rings is 1. The van der Waals surface area contributed by atoms with E-state index in [1.54, 1.807) is 0 Å². The molecule has 0 bridgehead atoms. The van der Waals surface area contributed by atoms with Crippen molar-refractivity contribution in [3.63, 3.8) is 0 Å². The minimum absolute atomic E-state index is 0.222. The van der Waals surface area contributed by atoms with E-state index in [-0.39, 0.29) is 12.7 Å². The van der Waals surface area contributed by atoms with Crippen molar-refractivity contribution in [2.24, 2.45) is 5.73 Å². The van der Waals surface area contributed by atoms with Gasteiger partial charge in [0.1, 0.15) is 6.67 Å². The highest BCUT2D eigenvalue weighted by molar-refractivity contribution is 4.75. The van der Waals surface area contributed by atoms with Crippen molar-refractivity contribution in [2.45, 2.75) is 6.04 Å². The molecule has 0 saturated carbocycles. The Hall–Kier alpha value is -0.190. The smallest absolute Gasteiger partial charge is 0.102 e. The molecule has 1 aliphatic rings. The van der Waals surface area contributed by atoms with E-state index < -0.39 is 0 Å². The second-order valence-electron chi connectivity index (χ2n) is 2.69. The van der Waals surface area contributed by atoms with Crippen molar-refractivity contribution < 1.29 is 9.13 Å². The molecule has 0 aromatic carbocycles. The molecule has 0 aromatic rings. The lowest BCUT2D eigenvalue weighted by Crippen LogP contribution is -2.49. The predicted molar refractivity (Wildman–Crippen MR) is 41.2 cm³/mol. The molecule has 1 heterocycles. The van der Waals surface area contributed by atoms with Gasteiger partial charge in [-0.25, -0.2) is 4.39 Å². The fraction of sp³-hybridized carbons (Fsp3) is 1.00. The molecule has 1 atom stereocenters. The molecule has 2 N–H and O–H groups in total. The first-order valence-electron chi connectivity index (χ1n) is 3.96. The van der Waals surface area contributed by atoms with E-state index in [1.165, 1.54) is 0 Å². The zero-order valence-electron chi connectivity index (χ0n) is 6.63. The van der Waals surface area contributed by atoms with Gasteiger partial charge in [-0.2, -0.15) is 0 Å². The Labute approximate surface area is 66.3 Å². The summed E-state index contributed by atoms with van der Waals surface area (Å²) >= 11 is 0. The summed E-state index contributed by atoms with van der Waals surface area (Å²) in [5, 5.41) is 0. The van der Waals surface area contributed by atoms with Crippen molar-refractivity contribution in [3.8, 4) is 0 Å². The molecule has 0 aromatic heterocycles. The Bertz CT molecular complexity index is 111. The molecule has 66 valence electrons. The van der Waals surface area contributed by atoms with Crippen molar-refractivity contribution in [1.82, 2.24) is 4.90 Å². The van der Waals surface area contributed by atoms with Crippen LogP contribution in [-0.4, -0.2) is 50.5 Å². The number of nitrogens with two attached hydrogens (primary N) is 1. The molecule has 0 amide bonds. The first-order valence-corrected chi connectivity index (χ1v) is 3.96. The average molecular weight is 162 g/mol. The molecule has 3 nitrogen and oxygen atoms in total. The highest BCUT2D eigenvalue weighted by Gasteiger charge is 2.20. The van der Waals surface area contributed by atoms with E-state index in [1.807, 2.05) is 4.90 Å². The minimum Gasteiger partial charge on any atom is -0.378 e. The molecule has 1 unspecified atom stereocenters. The molecule has 0 spiro atoms. The Balaban J connectivity index is 2.31. The van der Waals surface area contributed by atoms with Gasteiger partial charge in [0.2, 0.25) is 0 Å². The third-order valence-corrected chi connectivity index (χ3v) is 1.99. The topological polar surface area (TPSA) is 38.5 Å². The van der Waals surface area contributed by atoms with Crippen LogP contribution >= 0.6 is 0 Å². The maximum atomic E-state index is 12.0. The van der Waals surface area contributed by atoms with Crippen LogP contribution in [0.25, 0.3) is 0 Å². The van der Waals surface area contributed by atoms with Crippen LogP contribution in [0.2, 0.25) is 0 Å². The van der Waals surface area contributed by atoms with Crippen LogP contribution in [0.1, 0.15) is 0 Å². The minimum atomic E-state index is -0.295. The number of ether oxygens (including phenoxy) is 1. The summed E-state index contributed by atoms with van der Waals surface area (Å²) < 4.78 is 17.2. The summed E-state index contributed by atoms with van der Waals surface area (Å²) in [6, 6.07) is 0.222. The highest BCUT2D eigenvalue weighted by atomic mass is 19.1. The second kappa shape index (κ2) is 4.64. The number of hydrogen-bond acceptors (Lipinski definition) is 3. The fourth-order valence-corrected chi connectivity index (χ4v) is 1.31. The van der Waals surface area contributed by atoms with Crippen LogP contribution in [0, 0.1) is 0 Å². The Morgan fingerprint density at radius 2 is 2.45 bits per heavy atom. The summed E-state index contributed by atoms with van der Waals surface area (Å²) in [5.74, 6) is 0. The lowest BCUT2D eigenvalue weighted by atomic mass is 10.2. The van der Waals surface area contributed by atoms with Crippen molar-refractivity contribution in [1.29, 1.82) is 0 Å². The normalized spacial score (nSPS) is 27.3. The summed E-state index contributed by atoms with van der Waals surface area (Å²) in [6.45, 7) is 2.92. The molecule has 1 saturated heterocycles. The van der Waals surface area contributed by atoms with Gasteiger partial charge in [-0.1, -0.05) is 0 Å². The van der Waals surface area contributed by atoms with E-state index in [2.05, 4.69) is 0 Å². The van der Waals surface area contributed by atoms with E-state index in [0.717, 1.165) is 6.54 Å². The monoisotopic (exact) mass is 162 g/mol. The van der Waals surface area contributed by atoms with Crippen LogP contribution in [0.3, 0.4) is 0 Å². The third kappa shape index (κ3) is 2.39. The maximum Gasteiger partial charge on any atom is 0.102 e. The van der Waals surface area contributed by atoms with Crippen LogP contribution in [0.15, 0.2) is 0 Å². The van der Waals surface area contributed by atoms with E-state index in [4.69, 9.17) is 10.5 Å². The Kier molecular flexibility index (Phi) is 3.76. The van der Waals surface area contributed by atoms with Crippen LogP contribution < -0.4 is 5.73 Å². The van der Waals surface area contributed by atoms with E-state index in [0.29, 0.717) is 26.3 Å². The molecule has 1 fully saturated rings. The van der Waals surface area contributed by atoms with Gasteiger partial charge in [-0.05, 0) is 0 Å². The van der Waals surface area contributed by atoms with Crippen molar-refractivity contribution >= 4 is 0 Å². The second-order valence-corrected chi connectivity index (χ2v) is 2.69. The number of alkyl halides is 1. The predicted octanol–water partition coefficient (Wildman–Crippen LogP) is -0.385. The molecule has 0 radical (unpaired) electrons. The number of halogens is 1. The van der Waals surface area contributed by atoms with Gasteiger partial charge in [0.25, 0.3) is 0 Å². The summed E-state index contributed by atoms with van der Waals surface area (Å²) in [4.78, 5) is 2.05. The van der Waals surface area contributed by atoms with Crippen molar-refractivity contribution in [2.75, 3.05) is 39.5 Å². The van der Waals surface area contributed by atoms with Gasteiger partial charge < -0.3 is 10.5 Å². The molecule has 0 aliphatic carbocycles. The van der Waals surface area contributed by atoms with Gasteiger partial charge in [-0.3, -0.25) is 4.90 Å². The van der Waals surface area contributed by atoms with Crippen molar-refractivity contribution in [3.05, 3.63) is 0 Å². The number of nitrogens with zero attached hydrogens (tertiary/aromatic N) is 1. The molecular weight excluding hydrogens is 147 g/mol. The fourth-order valence-electron chi connectivity index (χ4n) is 1.31. The third-order valence-electron chi connectivity index (χ3n) is 1.99. The first kappa shape index (κ1) is 8.90. The Morgan fingerprint density at radius 1 is 1.64 bits per heavy atom. The van der Waals surface area contributed by atoms with Gasteiger partial charge in [0.15, 0.2) is 0 Å². The quantitative estimate of drug-likeness (QED) is 0.614. The molecule has 1 rings (SSSR count). The lowest BCUT2D eigenvalue weighted by Gasteiger charge is -2.33. The van der Waals surface area contributed by atoms with Gasteiger partial charge in [0.05, 0.1) is 13.2 Å². The van der Waals surface area contributed by atoms with Gasteiger partial charge >= 0.3 is 0 Å². The molecular formula is C7H15FN2O. The molecule has 1 aliphatic heterocycles. The van der Waals surface area contributed by atoms with Crippen LogP contribution in [0.5, 0.6) is 0 Å². The van der Waals surface area contributed by atoms with Gasteiger partial charge in [-0.15, -0.1) is 0 Å². The SMILES string of the molecule is NCC1COCCN1CCF. The number of hydrogen-bond donors (Lipinski definition) is 1. The number of rotatable bonds is 3. The largest absolute Gasteiger partial charge is 0.378 e. The van der Waals surface area contributed by atoms with E-state index >= 15 is 0 Å². The zero-order chi connectivity index (χ0) is 8.10. The van der Waals surface area contributed by atoms with Crippen LogP contribution in [-0.2, 0) is 4.74 Å². The Morgan fingerprint density at radius 3 is 3.09 bits per heavy atom. The summed E-state index contributed by atoms with van der Waals surface area (Å²) in [7, 11) is 0. The molecule has 4 heteroatoms. The van der Waals surface area contributed by atoms with Gasteiger partial charge in [0, 0.05) is 25.7 Å². The summed E-state index contributed by atoms with van der Waals surface area (Å²) in [6.07, 6.45) is 0. The maximum absolute atomic E-state index is 12.0. The average Bonchev–Trinajstić information content (AvgIpc) is 2.06. The highest BCUT2D eigenvalue weighted by Crippen LogP contribution is 2.04. The standard InChI is InChI=1S/C7H15FN2O/c8-1-2-10-3-4-11-6-7(10)5-9/h7H,1-6,9H2. The van der Waals surface area contributed by atoms with E-state index in [9.17, 15) is 4.39 Å². The lowest BCUT2D eigenvalue weighted by molar-refractivity contribution is -0.00590. The zero-order valence-corrected chi connectivity index (χ0v) is 6.63. The first-order chi connectivity index (χ1) is 5.38. The molecule has 11 heavy (non-hydrogen) atoms.